The number of ether oxygens (including phenoxy) is 3. The normalized spacial score (nSPS) is 10.9. The monoisotopic (exact) mass is 731 g/mol. The number of methoxy groups -OCH3 is 1. The number of carbonyl (C=O) groups excluding carboxylic acids is 2. The topological polar surface area (TPSA) is 157 Å². The van der Waals surface area contributed by atoms with Gasteiger partial charge in [-0.2, -0.15) is 0 Å². The van der Waals surface area contributed by atoms with E-state index >= 15 is 0 Å². The van der Waals surface area contributed by atoms with Gasteiger partial charge in [-0.15, -0.1) is 0 Å². The lowest BCUT2D eigenvalue weighted by molar-refractivity contribution is -0.384. The van der Waals surface area contributed by atoms with Crippen LogP contribution in [0.2, 0.25) is 0 Å². The third-order valence-electron chi connectivity index (χ3n) is 8.38. The smallest absolute Gasteiger partial charge is 0.341 e. The van der Waals surface area contributed by atoms with Gasteiger partial charge in [-0.25, -0.2) is 14.6 Å². The molecule has 6 aromatic carbocycles. The minimum absolute atomic E-state index is 0.0893. The number of nitro benzene ring substituents is 1. The van der Waals surface area contributed by atoms with E-state index in [9.17, 15) is 19.7 Å². The van der Waals surface area contributed by atoms with Gasteiger partial charge in [0, 0.05) is 28.9 Å². The van der Waals surface area contributed by atoms with Crippen molar-refractivity contribution < 1.29 is 43.3 Å². The molecule has 0 aliphatic heterocycles. The molecule has 0 bridgehead atoms. The first-order valence-corrected chi connectivity index (χ1v) is 16.8. The highest BCUT2D eigenvalue weighted by Crippen LogP contribution is 2.30. The standard InChI is InChI=1S/C41H37N3O10/c1-26-6-4-8-35(16-26)43-53-24-27-10-11-28-21-38(33(25-54-50-3)19-31(28)17-27)51-14-15-52-39-22-29-12-13-30(18-32(29)20-37(39)41(46)49-2)40(45)42-34-7-5-9-36(23-34)44(47)48/h4-13,16-23,43H,14-15,24-25H2,1-3H3,(H,42,45). The first kappa shape index (κ1) is 37.2. The maximum atomic E-state index is 13.0. The van der Waals surface area contributed by atoms with E-state index in [1.807, 2.05) is 61.5 Å². The number of nitro groups is 1. The zero-order valence-corrected chi connectivity index (χ0v) is 29.8. The number of nitrogens with zero attached hydrogens (tertiary/aromatic N) is 1. The molecule has 6 aromatic rings. The van der Waals surface area contributed by atoms with Crippen LogP contribution in [0.5, 0.6) is 11.5 Å². The van der Waals surface area contributed by atoms with E-state index in [4.69, 9.17) is 28.8 Å². The molecule has 2 N–H and O–H groups in total. The van der Waals surface area contributed by atoms with Crippen LogP contribution in [0.3, 0.4) is 0 Å². The number of anilines is 2. The van der Waals surface area contributed by atoms with Crippen molar-refractivity contribution in [1.82, 2.24) is 0 Å². The van der Waals surface area contributed by atoms with E-state index in [1.165, 1.54) is 32.4 Å². The summed E-state index contributed by atoms with van der Waals surface area (Å²) in [5.74, 6) is -0.238. The van der Waals surface area contributed by atoms with Gasteiger partial charge in [0.25, 0.3) is 11.6 Å². The molecule has 6 rings (SSSR count). The second-order valence-electron chi connectivity index (χ2n) is 12.2. The number of amides is 1. The van der Waals surface area contributed by atoms with Crippen molar-refractivity contribution in [2.45, 2.75) is 20.1 Å². The largest absolute Gasteiger partial charge is 0.490 e. The van der Waals surface area contributed by atoms with Crippen LogP contribution in [0.25, 0.3) is 21.5 Å². The van der Waals surface area contributed by atoms with Gasteiger partial charge in [0.1, 0.15) is 36.9 Å². The number of hydrogen-bond acceptors (Lipinski definition) is 11. The molecule has 0 saturated heterocycles. The summed E-state index contributed by atoms with van der Waals surface area (Å²) in [6.07, 6.45) is 0. The van der Waals surface area contributed by atoms with Gasteiger partial charge in [-0.05, 0) is 100 Å². The van der Waals surface area contributed by atoms with E-state index in [-0.39, 0.29) is 48.1 Å². The SMILES string of the molecule is COOCc1cc2cc(CONc3cccc(C)c3)ccc2cc1OCCOc1cc2ccc(C(=O)Nc3cccc([N+](=O)[O-])c3)cc2cc1C(=O)OC. The zero-order chi connectivity index (χ0) is 38.0. The van der Waals surface area contributed by atoms with E-state index in [1.54, 1.807) is 36.4 Å². The molecule has 54 heavy (non-hydrogen) atoms. The van der Waals surface area contributed by atoms with E-state index in [0.717, 1.165) is 33.2 Å². The van der Waals surface area contributed by atoms with Crippen LogP contribution < -0.4 is 20.3 Å². The van der Waals surface area contributed by atoms with Gasteiger partial charge in [0.15, 0.2) is 0 Å². The van der Waals surface area contributed by atoms with Gasteiger partial charge in [-0.3, -0.25) is 25.2 Å². The van der Waals surface area contributed by atoms with Gasteiger partial charge >= 0.3 is 5.97 Å². The Morgan fingerprint density at radius 1 is 0.722 bits per heavy atom. The van der Waals surface area contributed by atoms with Crippen LogP contribution in [0.15, 0.2) is 109 Å². The molecule has 0 radical (unpaired) electrons. The van der Waals surface area contributed by atoms with Crippen LogP contribution in [0, 0.1) is 17.0 Å². The Morgan fingerprint density at radius 3 is 2.20 bits per heavy atom. The van der Waals surface area contributed by atoms with Crippen molar-refractivity contribution in [2.75, 3.05) is 38.2 Å². The lowest BCUT2D eigenvalue weighted by Gasteiger charge is -2.15. The van der Waals surface area contributed by atoms with E-state index in [0.29, 0.717) is 23.1 Å². The molecule has 0 spiro atoms. The van der Waals surface area contributed by atoms with E-state index < -0.39 is 16.8 Å². The van der Waals surface area contributed by atoms with Gasteiger partial charge in [0.05, 0.1) is 31.4 Å². The molecule has 1 amide bonds. The van der Waals surface area contributed by atoms with Crippen molar-refractivity contribution in [3.63, 3.8) is 0 Å². The van der Waals surface area contributed by atoms with Crippen molar-refractivity contribution >= 4 is 50.5 Å². The summed E-state index contributed by atoms with van der Waals surface area (Å²) < 4.78 is 17.2. The van der Waals surface area contributed by atoms with E-state index in [2.05, 4.69) is 10.8 Å². The Labute approximate surface area is 310 Å². The summed E-state index contributed by atoms with van der Waals surface area (Å²) in [5.41, 5.74) is 7.30. The number of nitrogens with one attached hydrogen (secondary N) is 2. The molecule has 0 saturated carbocycles. The summed E-state index contributed by atoms with van der Waals surface area (Å²) >= 11 is 0. The predicted octanol–water partition coefficient (Wildman–Crippen LogP) is 8.33. The maximum Gasteiger partial charge on any atom is 0.341 e. The lowest BCUT2D eigenvalue weighted by Crippen LogP contribution is -2.13. The van der Waals surface area contributed by atoms with Gasteiger partial charge in [0.2, 0.25) is 0 Å². The van der Waals surface area contributed by atoms with Crippen LogP contribution >= 0.6 is 0 Å². The summed E-state index contributed by atoms with van der Waals surface area (Å²) in [4.78, 5) is 52.2. The molecule has 0 heterocycles. The minimum Gasteiger partial charge on any atom is -0.490 e. The Balaban J connectivity index is 1.13. The Morgan fingerprint density at radius 2 is 1.44 bits per heavy atom. The number of non-ortho nitro benzene ring substituents is 1. The van der Waals surface area contributed by atoms with Crippen LogP contribution in [0.4, 0.5) is 17.1 Å². The molecular formula is C41H37N3O10. The van der Waals surface area contributed by atoms with Crippen molar-refractivity contribution in [1.29, 1.82) is 0 Å². The third kappa shape index (κ3) is 9.27. The molecular weight excluding hydrogens is 694 g/mol. The fraction of sp³-hybridized carbons (Fsp3) is 0.171. The maximum absolute atomic E-state index is 13.0. The second-order valence-corrected chi connectivity index (χ2v) is 12.2. The third-order valence-corrected chi connectivity index (χ3v) is 8.38. The fourth-order valence-electron chi connectivity index (χ4n) is 5.75. The quantitative estimate of drug-likeness (QED) is 0.0324. The first-order chi connectivity index (χ1) is 26.2. The average Bonchev–Trinajstić information content (AvgIpc) is 3.17. The molecule has 0 atom stereocenters. The molecule has 13 heteroatoms. The number of rotatable bonds is 16. The highest BCUT2D eigenvalue weighted by atomic mass is 17.2. The number of benzene rings is 6. The number of aryl methyl sites for hydroxylation is 1. The number of esters is 1. The number of fused-ring (bicyclic) bond motifs is 2. The van der Waals surface area contributed by atoms with Gasteiger partial charge < -0.3 is 19.5 Å². The zero-order valence-electron chi connectivity index (χ0n) is 29.8. The Kier molecular flexibility index (Phi) is 11.9. The second kappa shape index (κ2) is 17.3. The lowest BCUT2D eigenvalue weighted by atomic mass is 10.0. The summed E-state index contributed by atoms with van der Waals surface area (Å²) in [5, 5.41) is 17.0. The van der Waals surface area contributed by atoms with Crippen LogP contribution in [-0.4, -0.2) is 44.2 Å². The Bertz CT molecular complexity index is 2330. The number of carbonyl (C=O) groups is 2. The average molecular weight is 732 g/mol. The fourth-order valence-corrected chi connectivity index (χ4v) is 5.75. The van der Waals surface area contributed by atoms with Crippen molar-refractivity contribution in [3.8, 4) is 11.5 Å². The predicted molar refractivity (Wildman–Crippen MR) is 203 cm³/mol. The van der Waals surface area contributed by atoms with Gasteiger partial charge in [-0.1, -0.05) is 36.4 Å². The molecule has 13 nitrogen and oxygen atoms in total. The molecule has 276 valence electrons. The minimum atomic E-state index is -0.622. The molecule has 0 aliphatic rings. The highest BCUT2D eigenvalue weighted by Gasteiger charge is 2.17. The highest BCUT2D eigenvalue weighted by molar-refractivity contribution is 6.07. The first-order valence-electron chi connectivity index (χ1n) is 16.8. The molecule has 0 aliphatic carbocycles. The van der Waals surface area contributed by atoms with Crippen LogP contribution in [-0.2, 0) is 32.6 Å². The summed E-state index contributed by atoms with van der Waals surface area (Å²) in [6, 6.07) is 31.7. The summed E-state index contributed by atoms with van der Waals surface area (Å²) in [6.45, 7) is 2.74. The van der Waals surface area contributed by atoms with Crippen molar-refractivity contribution in [2.24, 2.45) is 0 Å². The summed E-state index contributed by atoms with van der Waals surface area (Å²) in [7, 11) is 2.70. The van der Waals surface area contributed by atoms with Crippen molar-refractivity contribution in [3.05, 3.63) is 147 Å². The molecule has 0 unspecified atom stereocenters. The molecule has 0 aromatic heterocycles. The van der Waals surface area contributed by atoms with Crippen LogP contribution in [0.1, 0.15) is 37.4 Å². The Hall–Kier alpha value is -6.54. The molecule has 0 fully saturated rings. The number of hydrogen-bond donors (Lipinski definition) is 2.